The summed E-state index contributed by atoms with van der Waals surface area (Å²) in [6, 6.07) is 0.601. The van der Waals surface area contributed by atoms with Crippen molar-refractivity contribution >= 4 is 11.8 Å². The maximum Gasteiger partial charge on any atom is 0.0164 e. The predicted octanol–water partition coefficient (Wildman–Crippen LogP) is 1.33. The summed E-state index contributed by atoms with van der Waals surface area (Å²) in [4.78, 5) is 0. The van der Waals surface area contributed by atoms with E-state index in [0.29, 0.717) is 6.04 Å². The van der Waals surface area contributed by atoms with Crippen LogP contribution in [0.25, 0.3) is 0 Å². The van der Waals surface area contributed by atoms with E-state index in [0.717, 1.165) is 19.6 Å². The average molecular weight is 190 g/mol. The molecule has 0 aromatic rings. The molecule has 0 aliphatic heterocycles. The van der Waals surface area contributed by atoms with Gasteiger partial charge in [-0.2, -0.15) is 11.8 Å². The van der Waals surface area contributed by atoms with Gasteiger partial charge in [0.15, 0.2) is 0 Å². The molecule has 0 aromatic heterocycles. The van der Waals surface area contributed by atoms with Crippen molar-refractivity contribution in [1.82, 2.24) is 10.6 Å². The van der Waals surface area contributed by atoms with Gasteiger partial charge in [-0.3, -0.25) is 0 Å². The van der Waals surface area contributed by atoms with E-state index in [9.17, 15) is 0 Å². The van der Waals surface area contributed by atoms with Crippen molar-refractivity contribution in [3.63, 3.8) is 0 Å². The highest BCUT2D eigenvalue weighted by molar-refractivity contribution is 7.98. The van der Waals surface area contributed by atoms with Gasteiger partial charge in [0, 0.05) is 24.9 Å². The minimum absolute atomic E-state index is 0.601. The molecular formula is C9H22N2S. The lowest BCUT2D eigenvalue weighted by Crippen LogP contribution is -2.37. The van der Waals surface area contributed by atoms with Gasteiger partial charge in [-0.05, 0) is 26.1 Å². The molecule has 0 radical (unpaired) electrons. The van der Waals surface area contributed by atoms with Crippen molar-refractivity contribution in [1.29, 1.82) is 0 Å². The van der Waals surface area contributed by atoms with Crippen molar-refractivity contribution in [3.05, 3.63) is 0 Å². The van der Waals surface area contributed by atoms with Crippen molar-refractivity contribution in [2.24, 2.45) is 0 Å². The molecule has 0 saturated heterocycles. The molecule has 2 nitrogen and oxygen atoms in total. The standard InChI is InChI=1S/C9H22N2S/c1-4-5-10-8-9(2)11-6-7-12-3/h9-11H,4-8H2,1-3H3. The number of thioether (sulfide) groups is 1. The number of rotatable bonds is 8. The summed E-state index contributed by atoms with van der Waals surface area (Å²) in [5.41, 5.74) is 0. The lowest BCUT2D eigenvalue weighted by atomic mass is 10.3. The molecule has 2 N–H and O–H groups in total. The molecule has 0 heterocycles. The molecule has 12 heavy (non-hydrogen) atoms. The first-order chi connectivity index (χ1) is 5.81. The minimum atomic E-state index is 0.601. The van der Waals surface area contributed by atoms with Crippen LogP contribution < -0.4 is 10.6 Å². The van der Waals surface area contributed by atoms with Gasteiger partial charge < -0.3 is 10.6 Å². The van der Waals surface area contributed by atoms with E-state index in [-0.39, 0.29) is 0 Å². The summed E-state index contributed by atoms with van der Waals surface area (Å²) in [6.45, 7) is 7.76. The van der Waals surface area contributed by atoms with E-state index >= 15 is 0 Å². The normalized spacial score (nSPS) is 13.2. The first-order valence-corrected chi connectivity index (χ1v) is 6.13. The molecule has 3 heteroatoms. The molecule has 74 valence electrons. The Kier molecular flexibility index (Phi) is 9.57. The van der Waals surface area contributed by atoms with Gasteiger partial charge in [-0.25, -0.2) is 0 Å². The Morgan fingerprint density at radius 1 is 1.33 bits per heavy atom. The molecule has 0 bridgehead atoms. The third-order valence-corrected chi connectivity index (χ3v) is 2.29. The molecule has 0 saturated carbocycles. The predicted molar refractivity (Wildman–Crippen MR) is 59.0 cm³/mol. The molecule has 1 atom stereocenters. The molecule has 0 aromatic carbocycles. The summed E-state index contributed by atoms with van der Waals surface area (Å²) in [6.07, 6.45) is 3.36. The minimum Gasteiger partial charge on any atom is -0.315 e. The molecule has 0 amide bonds. The fourth-order valence-electron chi connectivity index (χ4n) is 0.975. The van der Waals surface area contributed by atoms with E-state index < -0.39 is 0 Å². The van der Waals surface area contributed by atoms with Crippen LogP contribution in [0.4, 0.5) is 0 Å². The maximum absolute atomic E-state index is 3.46. The summed E-state index contributed by atoms with van der Waals surface area (Å²) in [5, 5.41) is 6.85. The van der Waals surface area contributed by atoms with Crippen LogP contribution in [0.2, 0.25) is 0 Å². The fourth-order valence-corrected chi connectivity index (χ4v) is 1.30. The molecule has 0 rings (SSSR count). The van der Waals surface area contributed by atoms with Crippen LogP contribution in [0.5, 0.6) is 0 Å². The van der Waals surface area contributed by atoms with Crippen LogP contribution in [0.1, 0.15) is 20.3 Å². The van der Waals surface area contributed by atoms with Crippen LogP contribution in [-0.2, 0) is 0 Å². The Labute approximate surface area is 80.9 Å². The summed E-state index contributed by atoms with van der Waals surface area (Å²) < 4.78 is 0. The van der Waals surface area contributed by atoms with E-state index in [1.54, 1.807) is 0 Å². The Bertz CT molecular complexity index is 78.6. The molecule has 0 aliphatic rings. The number of hydrogen-bond acceptors (Lipinski definition) is 3. The summed E-state index contributed by atoms with van der Waals surface area (Å²) in [7, 11) is 0. The Morgan fingerprint density at radius 3 is 2.67 bits per heavy atom. The zero-order chi connectivity index (χ0) is 9.23. The monoisotopic (exact) mass is 190 g/mol. The summed E-state index contributed by atoms with van der Waals surface area (Å²) in [5.74, 6) is 1.21. The third-order valence-electron chi connectivity index (χ3n) is 1.68. The maximum atomic E-state index is 3.46. The molecule has 0 aliphatic carbocycles. The van der Waals surface area contributed by atoms with Crippen LogP contribution in [-0.4, -0.2) is 37.7 Å². The molecule has 1 unspecified atom stereocenters. The quantitative estimate of drug-likeness (QED) is 0.565. The second kappa shape index (κ2) is 9.36. The average Bonchev–Trinajstić information content (AvgIpc) is 2.06. The van der Waals surface area contributed by atoms with Gasteiger partial charge in [0.1, 0.15) is 0 Å². The molecule has 0 spiro atoms. The van der Waals surface area contributed by atoms with Gasteiger partial charge in [0.05, 0.1) is 0 Å². The van der Waals surface area contributed by atoms with Gasteiger partial charge >= 0.3 is 0 Å². The van der Waals surface area contributed by atoms with Crippen molar-refractivity contribution in [3.8, 4) is 0 Å². The second-order valence-electron chi connectivity index (χ2n) is 3.05. The van der Waals surface area contributed by atoms with E-state index in [2.05, 4.69) is 30.7 Å². The van der Waals surface area contributed by atoms with E-state index in [1.165, 1.54) is 12.2 Å². The topological polar surface area (TPSA) is 24.1 Å². The Hall–Kier alpha value is 0.270. The van der Waals surface area contributed by atoms with Gasteiger partial charge in [-0.15, -0.1) is 0 Å². The Balaban J connectivity index is 3.04. The van der Waals surface area contributed by atoms with Crippen molar-refractivity contribution < 1.29 is 0 Å². The number of nitrogens with one attached hydrogen (secondary N) is 2. The molecular weight excluding hydrogens is 168 g/mol. The van der Waals surface area contributed by atoms with Crippen LogP contribution in [0.3, 0.4) is 0 Å². The largest absolute Gasteiger partial charge is 0.315 e. The zero-order valence-electron chi connectivity index (χ0n) is 8.52. The van der Waals surface area contributed by atoms with Crippen LogP contribution >= 0.6 is 11.8 Å². The van der Waals surface area contributed by atoms with E-state index in [4.69, 9.17) is 0 Å². The number of hydrogen-bond donors (Lipinski definition) is 2. The first-order valence-electron chi connectivity index (χ1n) is 4.74. The van der Waals surface area contributed by atoms with Gasteiger partial charge in [0.25, 0.3) is 0 Å². The lowest BCUT2D eigenvalue weighted by molar-refractivity contribution is 0.516. The SMILES string of the molecule is CCCNCC(C)NCCSC. The molecule has 0 fully saturated rings. The highest BCUT2D eigenvalue weighted by Crippen LogP contribution is 1.88. The highest BCUT2D eigenvalue weighted by Gasteiger charge is 1.97. The van der Waals surface area contributed by atoms with Crippen molar-refractivity contribution in [2.45, 2.75) is 26.3 Å². The zero-order valence-corrected chi connectivity index (χ0v) is 9.34. The highest BCUT2D eigenvalue weighted by atomic mass is 32.2. The van der Waals surface area contributed by atoms with Crippen LogP contribution in [0, 0.1) is 0 Å². The Morgan fingerprint density at radius 2 is 2.08 bits per heavy atom. The van der Waals surface area contributed by atoms with E-state index in [1.807, 2.05) is 11.8 Å². The van der Waals surface area contributed by atoms with Crippen molar-refractivity contribution in [2.75, 3.05) is 31.6 Å². The fraction of sp³-hybridized carbons (Fsp3) is 1.00. The van der Waals surface area contributed by atoms with Gasteiger partial charge in [0.2, 0.25) is 0 Å². The first kappa shape index (κ1) is 12.3. The lowest BCUT2D eigenvalue weighted by Gasteiger charge is -2.13. The van der Waals surface area contributed by atoms with Gasteiger partial charge in [-0.1, -0.05) is 6.92 Å². The van der Waals surface area contributed by atoms with Crippen LogP contribution in [0.15, 0.2) is 0 Å². The smallest absolute Gasteiger partial charge is 0.0164 e. The third kappa shape index (κ3) is 8.37. The summed E-state index contributed by atoms with van der Waals surface area (Å²) >= 11 is 1.89. The second-order valence-corrected chi connectivity index (χ2v) is 4.04.